The first-order valence-electron chi connectivity index (χ1n) is 39.4. The van der Waals surface area contributed by atoms with Crippen LogP contribution in [0, 0.1) is 0 Å². The van der Waals surface area contributed by atoms with Crippen LogP contribution < -0.4 is 9.80 Å². The van der Waals surface area contributed by atoms with E-state index in [1.165, 1.54) is 134 Å². The van der Waals surface area contributed by atoms with Crippen molar-refractivity contribution in [2.45, 2.75) is 49.4 Å². The van der Waals surface area contributed by atoms with Gasteiger partial charge in [-0.3, -0.25) is 0 Å². The summed E-state index contributed by atoms with van der Waals surface area (Å²) in [6.07, 6.45) is 0. The maximum atomic E-state index is 2.54. The van der Waals surface area contributed by atoms with Crippen LogP contribution >= 0.6 is 0 Å². The lowest BCUT2D eigenvalue weighted by Gasteiger charge is -2.35. The molecule has 112 heavy (non-hydrogen) atoms. The van der Waals surface area contributed by atoms with E-state index in [1.54, 1.807) is 0 Å². The van der Waals surface area contributed by atoms with Crippen molar-refractivity contribution in [3.63, 3.8) is 0 Å². The molecule has 17 aromatic rings. The van der Waals surface area contributed by atoms with E-state index < -0.39 is 10.8 Å². The topological polar surface area (TPSA) is 6.48 Å². The Labute approximate surface area is 657 Å². The van der Waals surface area contributed by atoms with Crippen molar-refractivity contribution in [1.29, 1.82) is 0 Å². The molecule has 0 amide bonds. The zero-order valence-corrected chi connectivity index (χ0v) is 63.2. The van der Waals surface area contributed by atoms with Gasteiger partial charge in [0.25, 0.3) is 0 Å². The molecule has 0 bridgehead atoms. The number of benzene rings is 17. The zero-order valence-electron chi connectivity index (χ0n) is 63.2. The Bertz CT molecular complexity index is 6490. The van der Waals surface area contributed by atoms with Crippen LogP contribution in [0.4, 0.5) is 34.1 Å². The summed E-state index contributed by atoms with van der Waals surface area (Å²) in [7, 11) is 0. The lowest BCUT2D eigenvalue weighted by molar-refractivity contribution is 0.660. The molecule has 0 radical (unpaired) electrons. The average molecular weight is 1430 g/mol. The summed E-state index contributed by atoms with van der Waals surface area (Å²) in [5.74, 6) is 0. The fourth-order valence-corrected chi connectivity index (χ4v) is 20.0. The van der Waals surface area contributed by atoms with Gasteiger partial charge in [0, 0.05) is 44.8 Å². The first-order valence-corrected chi connectivity index (χ1v) is 39.4. The summed E-state index contributed by atoms with van der Waals surface area (Å²) in [5, 5.41) is 0. The Morgan fingerprint density at radius 2 is 0.438 bits per heavy atom. The minimum absolute atomic E-state index is 0.198. The minimum Gasteiger partial charge on any atom is -0.310 e. The number of rotatable bonds is 14. The molecule has 4 aliphatic carbocycles. The Balaban J connectivity index is 0.692. The van der Waals surface area contributed by atoms with E-state index in [0.29, 0.717) is 0 Å². The monoisotopic (exact) mass is 1430 g/mol. The molecular weight excluding hydrogens is 1350 g/mol. The van der Waals surface area contributed by atoms with Crippen LogP contribution in [-0.4, -0.2) is 0 Å². The highest BCUT2D eigenvalue weighted by atomic mass is 15.2. The largest absolute Gasteiger partial charge is 0.310 e. The Morgan fingerprint density at radius 3 is 0.884 bits per heavy atom. The molecule has 0 N–H and O–H groups in total. The fraction of sp³-hybridized carbons (Fsp3) is 0.0727. The van der Waals surface area contributed by atoms with Gasteiger partial charge in [-0.25, -0.2) is 0 Å². The second kappa shape index (κ2) is 26.0. The van der Waals surface area contributed by atoms with Gasteiger partial charge in [-0.2, -0.15) is 0 Å². The summed E-state index contributed by atoms with van der Waals surface area (Å²) in [4.78, 5) is 5.03. The van der Waals surface area contributed by atoms with E-state index in [4.69, 9.17) is 0 Å². The first kappa shape index (κ1) is 66.5. The molecule has 2 heteroatoms. The van der Waals surface area contributed by atoms with Crippen LogP contribution in [0.1, 0.15) is 94.5 Å². The quantitative estimate of drug-likeness (QED) is 0.107. The van der Waals surface area contributed by atoms with Crippen LogP contribution in [0.15, 0.2) is 413 Å². The van der Waals surface area contributed by atoms with E-state index in [9.17, 15) is 0 Å². The number of para-hydroxylation sites is 1. The lowest BCUT2D eigenvalue weighted by Crippen LogP contribution is -2.29. The molecule has 1 atom stereocenters. The molecule has 0 spiro atoms. The zero-order chi connectivity index (χ0) is 74.9. The molecular formula is C110H80N2. The summed E-state index contributed by atoms with van der Waals surface area (Å²) in [6, 6.07) is 155. The molecule has 0 aromatic heterocycles. The lowest BCUT2D eigenvalue weighted by atomic mass is 9.67. The van der Waals surface area contributed by atoms with Crippen molar-refractivity contribution in [2.75, 3.05) is 9.80 Å². The van der Waals surface area contributed by atoms with Gasteiger partial charge in [0.1, 0.15) is 0 Å². The molecule has 530 valence electrons. The van der Waals surface area contributed by atoms with Crippen LogP contribution in [0.3, 0.4) is 0 Å². The van der Waals surface area contributed by atoms with E-state index >= 15 is 0 Å². The van der Waals surface area contributed by atoms with E-state index in [-0.39, 0.29) is 10.8 Å². The van der Waals surface area contributed by atoms with Crippen molar-refractivity contribution in [3.8, 4) is 89.0 Å². The number of anilines is 6. The van der Waals surface area contributed by atoms with Crippen molar-refractivity contribution < 1.29 is 0 Å². The van der Waals surface area contributed by atoms with E-state index in [2.05, 4.69) is 450 Å². The summed E-state index contributed by atoms with van der Waals surface area (Å²) in [6.45, 7) is 9.54. The van der Waals surface area contributed by atoms with Gasteiger partial charge in [-0.1, -0.05) is 367 Å². The van der Waals surface area contributed by atoms with Gasteiger partial charge < -0.3 is 9.80 Å². The third-order valence-electron chi connectivity index (χ3n) is 25.3. The number of hydrogen-bond acceptors (Lipinski definition) is 2. The molecule has 0 heterocycles. The first-order chi connectivity index (χ1) is 55.0. The van der Waals surface area contributed by atoms with Crippen molar-refractivity contribution in [2.24, 2.45) is 0 Å². The van der Waals surface area contributed by atoms with Crippen molar-refractivity contribution in [1.82, 2.24) is 0 Å². The third kappa shape index (κ3) is 10.2. The Kier molecular flexibility index (Phi) is 15.5. The summed E-state index contributed by atoms with van der Waals surface area (Å²) >= 11 is 0. The molecule has 2 nitrogen and oxygen atoms in total. The summed E-state index contributed by atoms with van der Waals surface area (Å²) < 4.78 is 0. The smallest absolute Gasteiger partial charge is 0.0714 e. The molecule has 0 saturated heterocycles. The Morgan fingerprint density at radius 1 is 0.161 bits per heavy atom. The second-order valence-electron chi connectivity index (χ2n) is 31.8. The number of fused-ring (bicyclic) bond motifs is 12. The maximum absolute atomic E-state index is 2.54. The average Bonchev–Trinajstić information content (AvgIpc) is 1.46. The van der Waals surface area contributed by atoms with Gasteiger partial charge in [-0.05, 0) is 223 Å². The van der Waals surface area contributed by atoms with Gasteiger partial charge in [0.05, 0.1) is 16.5 Å². The molecule has 21 rings (SSSR count). The van der Waals surface area contributed by atoms with Gasteiger partial charge in [-0.15, -0.1) is 0 Å². The molecule has 1 unspecified atom stereocenters. The predicted octanol–water partition coefficient (Wildman–Crippen LogP) is 28.6. The predicted molar refractivity (Wildman–Crippen MR) is 467 cm³/mol. The van der Waals surface area contributed by atoms with Crippen molar-refractivity contribution >= 4 is 34.1 Å². The van der Waals surface area contributed by atoms with E-state index in [1.807, 2.05) is 0 Å². The van der Waals surface area contributed by atoms with Gasteiger partial charge in [0.15, 0.2) is 0 Å². The highest BCUT2D eigenvalue weighted by molar-refractivity contribution is 5.96. The maximum Gasteiger partial charge on any atom is 0.0714 e. The molecule has 17 aromatic carbocycles. The van der Waals surface area contributed by atoms with Crippen LogP contribution in [0.5, 0.6) is 0 Å². The molecule has 0 aliphatic heterocycles. The Hall–Kier alpha value is -13.7. The third-order valence-corrected chi connectivity index (χ3v) is 25.3. The van der Waals surface area contributed by atoms with Crippen molar-refractivity contribution in [3.05, 3.63) is 479 Å². The minimum atomic E-state index is -0.706. The van der Waals surface area contributed by atoms with Gasteiger partial charge in [0.2, 0.25) is 0 Å². The van der Waals surface area contributed by atoms with Crippen LogP contribution in [-0.2, 0) is 21.7 Å². The normalized spacial score (nSPS) is 15.0. The van der Waals surface area contributed by atoms with Crippen LogP contribution in [0.2, 0.25) is 0 Å². The number of nitrogens with zero attached hydrogens (tertiary/aromatic N) is 2. The van der Waals surface area contributed by atoms with E-state index in [0.717, 1.165) is 56.4 Å². The van der Waals surface area contributed by atoms with Crippen LogP contribution in [0.25, 0.3) is 89.0 Å². The highest BCUT2D eigenvalue weighted by Crippen LogP contribution is 2.61. The summed E-state index contributed by atoms with van der Waals surface area (Å²) in [5.41, 5.74) is 39.8. The second-order valence-corrected chi connectivity index (χ2v) is 31.8. The fourth-order valence-electron chi connectivity index (χ4n) is 20.0. The molecule has 0 fully saturated rings. The SMILES string of the molecule is CC1(C)c2ccccc2-c2ccc(N(c3ccc(-c4ccc(-c5ccccc5)cc4)cc3)c3ccc4c(c3)C(c3ccccc3)(c3cccc(-c5ccc(-c6ccccc6N(c6ccc7c(c6)C(C)(C)c6ccccc6-7)c6ccc7c(c6)C(c6ccccc6)(c6ccccc6)c6ccccc6-7)cc5)c3)c3ccccc3-4)cc21. The van der Waals surface area contributed by atoms with Gasteiger partial charge >= 0.3 is 0 Å². The molecule has 0 saturated carbocycles. The highest BCUT2D eigenvalue weighted by Gasteiger charge is 2.49. The number of hydrogen-bond donors (Lipinski definition) is 0. The standard InChI is InChI=1S/C110H80N2/c1-107(2)98-43-22-17-39-90(98)94-64-60-85(69-102(94)107)111(84-58-56-76(57-59-84)75-50-48-74(49-51-75)73-28-9-5-10-29-73)86-61-66-97-93-42-20-25-46-101(93)110(105(97)71-86,82-35-15-8-16-36-82)83-37-27-30-79(68-83)77-52-54-78(55-53-77)89-38-21-26-47-106(89)112(87-62-65-95-91-40-18-23-44-99(91)108(3,4)103(95)70-87)88-63-67-96-92-41-19-24-45-100(92)109(104(96)72-88,80-31-11-6-12-32-80)81-33-13-7-14-34-81/h5-72H,1-4H3. The molecule has 4 aliphatic rings.